The summed E-state index contributed by atoms with van der Waals surface area (Å²) in [4.78, 5) is 29.7. The zero-order chi connectivity index (χ0) is 16.8. The van der Waals surface area contributed by atoms with Gasteiger partial charge in [0.1, 0.15) is 0 Å². The molecule has 120 valence electrons. The molecule has 2 aromatic rings. The summed E-state index contributed by atoms with van der Waals surface area (Å²) in [6.45, 7) is 0.235. The van der Waals surface area contributed by atoms with E-state index in [1.165, 1.54) is 13.3 Å². The highest BCUT2D eigenvalue weighted by atomic mass is 16.5. The molecule has 0 aliphatic heterocycles. The Morgan fingerprint density at radius 2 is 1.83 bits per heavy atom. The van der Waals surface area contributed by atoms with E-state index in [9.17, 15) is 9.59 Å². The van der Waals surface area contributed by atoms with E-state index in [0.717, 1.165) is 5.69 Å². The van der Waals surface area contributed by atoms with E-state index in [2.05, 4.69) is 15.0 Å². The van der Waals surface area contributed by atoms with Crippen LogP contribution in [0.4, 0.5) is 5.69 Å². The molecule has 0 unspecified atom stereocenters. The predicted octanol–water partition coefficient (Wildman–Crippen LogP) is 1.86. The highest BCUT2D eigenvalue weighted by Gasteiger charge is 2.09. The first-order valence-corrected chi connectivity index (χ1v) is 7.10. The zero-order valence-corrected chi connectivity index (χ0v) is 13.4. The molecule has 1 aromatic heterocycles. The zero-order valence-electron chi connectivity index (χ0n) is 13.4. The van der Waals surface area contributed by atoms with E-state index in [-0.39, 0.29) is 12.5 Å². The number of hydrogen-bond acceptors (Lipinski definition) is 5. The summed E-state index contributed by atoms with van der Waals surface area (Å²) in [5.41, 5.74) is 2.59. The lowest BCUT2D eigenvalue weighted by Crippen LogP contribution is -2.23. The van der Waals surface area contributed by atoms with Crippen LogP contribution in [0.15, 0.2) is 42.6 Å². The van der Waals surface area contributed by atoms with Crippen molar-refractivity contribution in [2.24, 2.45) is 0 Å². The van der Waals surface area contributed by atoms with Crippen LogP contribution in [0.2, 0.25) is 0 Å². The van der Waals surface area contributed by atoms with Crippen molar-refractivity contribution in [1.82, 2.24) is 10.3 Å². The lowest BCUT2D eigenvalue weighted by Gasteiger charge is -2.12. The highest BCUT2D eigenvalue weighted by Crippen LogP contribution is 2.12. The number of carbonyl (C=O) groups excluding carboxylic acids is 2. The van der Waals surface area contributed by atoms with E-state index in [4.69, 9.17) is 0 Å². The van der Waals surface area contributed by atoms with Crippen LogP contribution in [0, 0.1) is 0 Å². The van der Waals surface area contributed by atoms with Crippen LogP contribution in [-0.4, -0.2) is 38.1 Å². The van der Waals surface area contributed by atoms with Crippen LogP contribution in [0.25, 0.3) is 0 Å². The molecule has 1 aromatic carbocycles. The second kappa shape index (κ2) is 7.40. The molecule has 1 heterocycles. The van der Waals surface area contributed by atoms with Gasteiger partial charge in [0.25, 0.3) is 5.91 Å². The van der Waals surface area contributed by atoms with E-state index >= 15 is 0 Å². The van der Waals surface area contributed by atoms with Crippen molar-refractivity contribution in [3.05, 3.63) is 59.4 Å². The molecule has 1 N–H and O–H groups in total. The topological polar surface area (TPSA) is 71.5 Å². The van der Waals surface area contributed by atoms with Crippen LogP contribution in [0.3, 0.4) is 0 Å². The Bertz CT molecular complexity index is 696. The van der Waals surface area contributed by atoms with Crippen LogP contribution >= 0.6 is 0 Å². The van der Waals surface area contributed by atoms with Crippen LogP contribution in [-0.2, 0) is 11.3 Å². The third-order valence-electron chi connectivity index (χ3n) is 3.31. The number of amides is 1. The summed E-state index contributed by atoms with van der Waals surface area (Å²) in [6, 6.07) is 10.5. The maximum Gasteiger partial charge on any atom is 0.337 e. The molecule has 0 spiro atoms. The van der Waals surface area contributed by atoms with Crippen molar-refractivity contribution < 1.29 is 14.3 Å². The summed E-state index contributed by atoms with van der Waals surface area (Å²) in [5.74, 6) is -0.625. The summed E-state index contributed by atoms with van der Waals surface area (Å²) in [6.07, 6.45) is 1.51. The van der Waals surface area contributed by atoms with Crippen molar-refractivity contribution in [3.8, 4) is 0 Å². The number of rotatable bonds is 5. The molecule has 6 heteroatoms. The van der Waals surface area contributed by atoms with Crippen molar-refractivity contribution >= 4 is 17.6 Å². The van der Waals surface area contributed by atoms with Gasteiger partial charge in [-0.15, -0.1) is 0 Å². The van der Waals surface area contributed by atoms with E-state index in [0.29, 0.717) is 16.8 Å². The Labute approximate surface area is 135 Å². The maximum absolute atomic E-state index is 12.1. The number of methoxy groups -OCH3 is 1. The molecular weight excluding hydrogens is 294 g/mol. The predicted molar refractivity (Wildman–Crippen MR) is 87.5 cm³/mol. The largest absolute Gasteiger partial charge is 0.465 e. The Morgan fingerprint density at radius 3 is 2.43 bits per heavy atom. The summed E-state index contributed by atoms with van der Waals surface area (Å²) < 4.78 is 4.66. The monoisotopic (exact) mass is 313 g/mol. The lowest BCUT2D eigenvalue weighted by atomic mass is 10.2. The molecule has 0 aliphatic rings. The fraction of sp³-hybridized carbons (Fsp3) is 0.235. The lowest BCUT2D eigenvalue weighted by molar-refractivity contribution is 0.0600. The van der Waals surface area contributed by atoms with E-state index in [1.54, 1.807) is 24.3 Å². The average molecular weight is 313 g/mol. The van der Waals surface area contributed by atoms with Gasteiger partial charge in [0.05, 0.1) is 24.9 Å². The minimum Gasteiger partial charge on any atom is -0.465 e. The number of ether oxygens (including phenoxy) is 1. The highest BCUT2D eigenvalue weighted by molar-refractivity contribution is 5.94. The Hall–Kier alpha value is -2.89. The van der Waals surface area contributed by atoms with Crippen LogP contribution in [0.1, 0.15) is 26.4 Å². The van der Waals surface area contributed by atoms with Crippen molar-refractivity contribution in [3.63, 3.8) is 0 Å². The molecule has 0 saturated heterocycles. The second-order valence-corrected chi connectivity index (χ2v) is 5.15. The molecule has 0 saturated carbocycles. The smallest absolute Gasteiger partial charge is 0.337 e. The minimum atomic E-state index is -0.431. The number of anilines is 1. The van der Waals surface area contributed by atoms with Gasteiger partial charge >= 0.3 is 5.97 Å². The van der Waals surface area contributed by atoms with Gasteiger partial charge in [-0.2, -0.15) is 0 Å². The van der Waals surface area contributed by atoms with Crippen LogP contribution in [0.5, 0.6) is 0 Å². The van der Waals surface area contributed by atoms with Gasteiger partial charge in [-0.3, -0.25) is 9.78 Å². The number of nitrogens with zero attached hydrogens (tertiary/aromatic N) is 2. The molecule has 1 amide bonds. The summed E-state index contributed by atoms with van der Waals surface area (Å²) in [7, 11) is 5.20. The van der Waals surface area contributed by atoms with Gasteiger partial charge < -0.3 is 15.0 Å². The molecule has 2 rings (SSSR count). The number of aromatic nitrogens is 1. The summed E-state index contributed by atoms with van der Waals surface area (Å²) >= 11 is 0. The second-order valence-electron chi connectivity index (χ2n) is 5.15. The summed E-state index contributed by atoms with van der Waals surface area (Å²) in [5, 5.41) is 2.78. The number of pyridine rings is 1. The first kappa shape index (κ1) is 16.5. The number of hydrogen-bond donors (Lipinski definition) is 1. The van der Waals surface area contributed by atoms with Gasteiger partial charge in [0.2, 0.25) is 0 Å². The normalized spacial score (nSPS) is 10.0. The van der Waals surface area contributed by atoms with E-state index < -0.39 is 5.97 Å². The maximum atomic E-state index is 12.1. The van der Waals surface area contributed by atoms with Gasteiger partial charge in [0.15, 0.2) is 0 Å². The fourth-order valence-electron chi connectivity index (χ4n) is 2.00. The van der Waals surface area contributed by atoms with Gasteiger partial charge in [-0.25, -0.2) is 4.79 Å². The molecule has 0 radical (unpaired) electrons. The number of nitrogens with one attached hydrogen (secondary N) is 1. The quantitative estimate of drug-likeness (QED) is 0.853. The number of carbonyl (C=O) groups is 2. The fourth-order valence-corrected chi connectivity index (χ4v) is 2.00. The minimum absolute atomic E-state index is 0.194. The van der Waals surface area contributed by atoms with Crippen LogP contribution < -0.4 is 10.2 Å². The van der Waals surface area contributed by atoms with Crippen molar-refractivity contribution in [2.45, 2.75) is 6.54 Å². The molecule has 0 aliphatic carbocycles. The molecule has 6 nitrogen and oxygen atoms in total. The molecule has 0 fully saturated rings. The SMILES string of the molecule is COC(=O)c1ccnc(CNC(=O)c2ccc(N(C)C)cc2)c1. The van der Waals surface area contributed by atoms with Crippen molar-refractivity contribution in [1.29, 1.82) is 0 Å². The first-order valence-electron chi connectivity index (χ1n) is 7.10. The van der Waals surface area contributed by atoms with Gasteiger partial charge in [-0.05, 0) is 36.4 Å². The Balaban J connectivity index is 2.00. The molecular formula is C17H19N3O3. The number of benzene rings is 1. The number of esters is 1. The average Bonchev–Trinajstić information content (AvgIpc) is 2.59. The Morgan fingerprint density at radius 1 is 1.13 bits per heavy atom. The van der Waals surface area contributed by atoms with Crippen molar-refractivity contribution in [2.75, 3.05) is 26.1 Å². The first-order chi connectivity index (χ1) is 11.0. The standard InChI is InChI=1S/C17H19N3O3/c1-20(2)15-6-4-12(5-7-15)16(21)19-11-14-10-13(8-9-18-14)17(22)23-3/h4-10H,11H2,1-3H3,(H,19,21). The third kappa shape index (κ3) is 4.29. The molecule has 0 atom stereocenters. The molecule has 0 bridgehead atoms. The third-order valence-corrected chi connectivity index (χ3v) is 3.31. The van der Waals surface area contributed by atoms with E-state index in [1.807, 2.05) is 31.1 Å². The molecule has 23 heavy (non-hydrogen) atoms. The van der Waals surface area contributed by atoms with Gasteiger partial charge in [0, 0.05) is 31.5 Å². The van der Waals surface area contributed by atoms with Gasteiger partial charge in [-0.1, -0.05) is 0 Å². The Kier molecular flexibility index (Phi) is 5.30.